The van der Waals surface area contributed by atoms with E-state index in [1.807, 2.05) is 21.0 Å². The van der Waals surface area contributed by atoms with Crippen molar-refractivity contribution in [3.63, 3.8) is 0 Å². The molecule has 4 nitrogen and oxygen atoms in total. The van der Waals surface area contributed by atoms with E-state index < -0.39 is 0 Å². The summed E-state index contributed by atoms with van der Waals surface area (Å²) in [6.45, 7) is 9.04. The summed E-state index contributed by atoms with van der Waals surface area (Å²) >= 11 is 0. The molecule has 0 saturated heterocycles. The van der Waals surface area contributed by atoms with Crippen LogP contribution in [0.2, 0.25) is 0 Å². The molecule has 1 aromatic carbocycles. The van der Waals surface area contributed by atoms with Gasteiger partial charge >= 0.3 is 0 Å². The SMILES string of the molecule is CNCc1c(C)nn(C)c1Oc1cc(C)cc(C)c1C. The summed E-state index contributed by atoms with van der Waals surface area (Å²) in [6.07, 6.45) is 0. The fourth-order valence-electron chi connectivity index (χ4n) is 2.40. The summed E-state index contributed by atoms with van der Waals surface area (Å²) in [7, 11) is 3.85. The number of benzene rings is 1. The summed E-state index contributed by atoms with van der Waals surface area (Å²) in [6, 6.07) is 4.25. The molecule has 0 aliphatic rings. The van der Waals surface area contributed by atoms with Crippen LogP contribution >= 0.6 is 0 Å². The summed E-state index contributed by atoms with van der Waals surface area (Å²) in [4.78, 5) is 0. The van der Waals surface area contributed by atoms with E-state index in [0.29, 0.717) is 0 Å². The predicted molar refractivity (Wildman–Crippen MR) is 81.4 cm³/mol. The first-order valence-corrected chi connectivity index (χ1v) is 6.86. The van der Waals surface area contributed by atoms with Gasteiger partial charge in [-0.2, -0.15) is 5.10 Å². The fraction of sp³-hybridized carbons (Fsp3) is 0.438. The minimum absolute atomic E-state index is 0.749. The lowest BCUT2D eigenvalue weighted by Gasteiger charge is -2.13. The lowest BCUT2D eigenvalue weighted by Crippen LogP contribution is -2.07. The second kappa shape index (κ2) is 5.67. The third kappa shape index (κ3) is 2.70. The quantitative estimate of drug-likeness (QED) is 0.930. The van der Waals surface area contributed by atoms with Crippen LogP contribution < -0.4 is 10.1 Å². The first-order valence-electron chi connectivity index (χ1n) is 6.86. The molecule has 1 N–H and O–H groups in total. The maximum Gasteiger partial charge on any atom is 0.222 e. The van der Waals surface area contributed by atoms with Crippen LogP contribution in [0, 0.1) is 27.7 Å². The Morgan fingerprint density at radius 2 is 1.90 bits per heavy atom. The number of nitrogens with one attached hydrogen (secondary N) is 1. The Hall–Kier alpha value is -1.81. The van der Waals surface area contributed by atoms with Crippen molar-refractivity contribution in [2.24, 2.45) is 7.05 Å². The average molecular weight is 273 g/mol. The molecule has 2 aromatic rings. The zero-order valence-corrected chi connectivity index (χ0v) is 13.2. The third-order valence-electron chi connectivity index (χ3n) is 3.61. The van der Waals surface area contributed by atoms with E-state index in [2.05, 4.69) is 43.3 Å². The van der Waals surface area contributed by atoms with E-state index in [9.17, 15) is 0 Å². The van der Waals surface area contributed by atoms with Gasteiger partial charge in [-0.15, -0.1) is 0 Å². The number of aryl methyl sites for hydroxylation is 4. The summed E-state index contributed by atoms with van der Waals surface area (Å²) in [5.41, 5.74) is 5.73. The molecule has 0 saturated carbocycles. The zero-order chi connectivity index (χ0) is 14.9. The first kappa shape index (κ1) is 14.6. The topological polar surface area (TPSA) is 39.1 Å². The van der Waals surface area contributed by atoms with Gasteiger partial charge in [0.1, 0.15) is 5.75 Å². The van der Waals surface area contributed by atoms with Crippen LogP contribution in [0.4, 0.5) is 0 Å². The molecule has 0 aliphatic carbocycles. The van der Waals surface area contributed by atoms with Crippen LogP contribution in [0.3, 0.4) is 0 Å². The summed E-state index contributed by atoms with van der Waals surface area (Å²) < 4.78 is 7.97. The minimum Gasteiger partial charge on any atom is -0.439 e. The predicted octanol–water partition coefficient (Wildman–Crippen LogP) is 3.17. The van der Waals surface area contributed by atoms with Crippen molar-refractivity contribution in [1.82, 2.24) is 15.1 Å². The van der Waals surface area contributed by atoms with E-state index in [1.54, 1.807) is 4.68 Å². The van der Waals surface area contributed by atoms with Crippen LogP contribution in [0.1, 0.15) is 27.9 Å². The largest absolute Gasteiger partial charge is 0.439 e. The van der Waals surface area contributed by atoms with E-state index in [4.69, 9.17) is 4.74 Å². The van der Waals surface area contributed by atoms with E-state index in [-0.39, 0.29) is 0 Å². The minimum atomic E-state index is 0.749. The summed E-state index contributed by atoms with van der Waals surface area (Å²) in [5.74, 6) is 1.72. The van der Waals surface area contributed by atoms with E-state index in [1.165, 1.54) is 16.7 Å². The molecule has 0 atom stereocenters. The van der Waals surface area contributed by atoms with Crippen LogP contribution in [-0.4, -0.2) is 16.8 Å². The summed E-state index contributed by atoms with van der Waals surface area (Å²) in [5, 5.41) is 7.62. The second-order valence-electron chi connectivity index (χ2n) is 5.33. The van der Waals surface area contributed by atoms with Crippen LogP contribution in [0.5, 0.6) is 11.6 Å². The van der Waals surface area contributed by atoms with Crippen molar-refractivity contribution in [1.29, 1.82) is 0 Å². The van der Waals surface area contributed by atoms with E-state index >= 15 is 0 Å². The monoisotopic (exact) mass is 273 g/mol. The normalized spacial score (nSPS) is 10.9. The van der Waals surface area contributed by atoms with Gasteiger partial charge in [0.2, 0.25) is 5.88 Å². The molecule has 4 heteroatoms. The number of nitrogens with zero attached hydrogens (tertiary/aromatic N) is 2. The van der Waals surface area contributed by atoms with Gasteiger partial charge in [-0.05, 0) is 57.5 Å². The fourth-order valence-corrected chi connectivity index (χ4v) is 2.40. The van der Waals surface area contributed by atoms with Crippen molar-refractivity contribution in [2.45, 2.75) is 34.2 Å². The van der Waals surface area contributed by atoms with Gasteiger partial charge in [0.25, 0.3) is 0 Å². The molecule has 1 aromatic heterocycles. The maximum absolute atomic E-state index is 6.17. The van der Waals surface area contributed by atoms with Crippen LogP contribution in [0.25, 0.3) is 0 Å². The lowest BCUT2D eigenvalue weighted by atomic mass is 10.1. The first-order chi connectivity index (χ1) is 9.43. The Bertz CT molecular complexity index is 629. The third-order valence-corrected chi connectivity index (χ3v) is 3.61. The van der Waals surface area contributed by atoms with Crippen molar-refractivity contribution >= 4 is 0 Å². The molecule has 0 fully saturated rings. The Morgan fingerprint density at radius 1 is 1.20 bits per heavy atom. The van der Waals surface area contributed by atoms with Gasteiger partial charge in [-0.25, -0.2) is 4.68 Å². The molecule has 2 rings (SSSR count). The lowest BCUT2D eigenvalue weighted by molar-refractivity contribution is 0.421. The number of aromatic nitrogens is 2. The Kier molecular flexibility index (Phi) is 4.14. The standard InChI is InChI=1S/C16H23N3O/c1-10-7-11(2)12(3)15(8-10)20-16-14(9-17-5)13(4)18-19(16)6/h7-8,17H,9H2,1-6H3. The van der Waals surface area contributed by atoms with Crippen LogP contribution in [0.15, 0.2) is 12.1 Å². The maximum atomic E-state index is 6.17. The number of ether oxygens (including phenoxy) is 1. The molecule has 0 bridgehead atoms. The van der Waals surface area contributed by atoms with Gasteiger partial charge in [0.05, 0.1) is 11.3 Å². The molecular formula is C16H23N3O. The van der Waals surface area contributed by atoms with Crippen LogP contribution in [-0.2, 0) is 13.6 Å². The molecular weight excluding hydrogens is 250 g/mol. The van der Waals surface area contributed by atoms with Gasteiger partial charge in [0, 0.05) is 13.6 Å². The highest BCUT2D eigenvalue weighted by atomic mass is 16.5. The number of hydrogen-bond acceptors (Lipinski definition) is 3. The molecule has 20 heavy (non-hydrogen) atoms. The van der Waals surface area contributed by atoms with Gasteiger partial charge in [-0.3, -0.25) is 0 Å². The van der Waals surface area contributed by atoms with Crippen molar-refractivity contribution in [3.05, 3.63) is 40.1 Å². The molecule has 0 radical (unpaired) electrons. The highest BCUT2D eigenvalue weighted by Crippen LogP contribution is 2.31. The molecule has 0 amide bonds. The smallest absolute Gasteiger partial charge is 0.222 e. The Labute approximate surface area is 120 Å². The molecule has 1 heterocycles. The Balaban J connectivity index is 2.45. The van der Waals surface area contributed by atoms with Gasteiger partial charge in [-0.1, -0.05) is 6.07 Å². The van der Waals surface area contributed by atoms with Crippen molar-refractivity contribution in [2.75, 3.05) is 7.05 Å². The molecule has 0 unspecified atom stereocenters. The van der Waals surface area contributed by atoms with E-state index in [0.717, 1.165) is 29.4 Å². The average Bonchev–Trinajstić information content (AvgIpc) is 2.62. The zero-order valence-electron chi connectivity index (χ0n) is 13.2. The second-order valence-corrected chi connectivity index (χ2v) is 5.33. The van der Waals surface area contributed by atoms with Crippen molar-refractivity contribution < 1.29 is 4.74 Å². The number of rotatable bonds is 4. The van der Waals surface area contributed by atoms with Crippen molar-refractivity contribution in [3.8, 4) is 11.6 Å². The Morgan fingerprint density at radius 3 is 2.55 bits per heavy atom. The van der Waals surface area contributed by atoms with Gasteiger partial charge in [0.15, 0.2) is 0 Å². The molecule has 0 spiro atoms. The number of hydrogen-bond donors (Lipinski definition) is 1. The van der Waals surface area contributed by atoms with Gasteiger partial charge < -0.3 is 10.1 Å². The highest BCUT2D eigenvalue weighted by Gasteiger charge is 2.16. The highest BCUT2D eigenvalue weighted by molar-refractivity contribution is 5.45. The molecule has 0 aliphatic heterocycles. The molecule has 108 valence electrons.